The Morgan fingerprint density at radius 2 is 2.00 bits per heavy atom. The predicted octanol–water partition coefficient (Wildman–Crippen LogP) is -0.848. The van der Waals surface area contributed by atoms with E-state index in [0.717, 1.165) is 0 Å². The van der Waals surface area contributed by atoms with Crippen LogP contribution in [-0.2, 0) is 10.9 Å². The smallest absolute Gasteiger partial charge is 0.261 e. The third-order valence-corrected chi connectivity index (χ3v) is 0.861. The molecule has 0 aromatic heterocycles. The van der Waals surface area contributed by atoms with Gasteiger partial charge in [-0.05, 0) is 0 Å². The summed E-state index contributed by atoms with van der Waals surface area (Å²) in [7, 11) is -2.82. The molecule has 0 aliphatic rings. The maximum Gasteiger partial charge on any atom is 0.289 e. The standard InChI is InChI=1S/CH3NO3S2/c3-1(6)2-7(4)5/h7H,(H2,2,3,4,5,6). The number of nitrogens with one attached hydrogen (secondary N) is 1. The van der Waals surface area contributed by atoms with Gasteiger partial charge in [-0.15, -0.1) is 0 Å². The largest absolute Gasteiger partial charge is 0.289 e. The number of rotatable bonds is 1. The van der Waals surface area contributed by atoms with Crippen molar-refractivity contribution in [2.45, 2.75) is 0 Å². The van der Waals surface area contributed by atoms with Crippen molar-refractivity contribution in [1.29, 1.82) is 0 Å². The summed E-state index contributed by atoms with van der Waals surface area (Å²) in [5.41, 5.74) is 0. The van der Waals surface area contributed by atoms with E-state index in [0.29, 0.717) is 0 Å². The molecule has 0 bridgehead atoms. The Bertz CT molecular complexity index is 130. The molecule has 0 aliphatic carbocycles. The molecule has 42 valence electrons. The van der Waals surface area contributed by atoms with Crippen molar-refractivity contribution < 1.29 is 13.2 Å². The zero-order chi connectivity index (χ0) is 5.86. The first-order valence-electron chi connectivity index (χ1n) is 1.27. The lowest BCUT2D eigenvalue weighted by atomic mass is 11.5. The molecule has 0 unspecified atom stereocenters. The number of carbonyl (C=O) groups excluding carboxylic acids is 1. The maximum atomic E-state index is 9.62. The van der Waals surface area contributed by atoms with Crippen LogP contribution < -0.4 is 4.72 Å². The van der Waals surface area contributed by atoms with Gasteiger partial charge in [0.2, 0.25) is 10.9 Å². The molecule has 0 atom stereocenters. The van der Waals surface area contributed by atoms with Crippen molar-refractivity contribution in [2.24, 2.45) is 0 Å². The molecular formula is CH3NO3S2. The Morgan fingerprint density at radius 3 is 2.00 bits per heavy atom. The summed E-state index contributed by atoms with van der Waals surface area (Å²) < 4.78 is 20.4. The normalized spacial score (nSPS) is 8.86. The first-order chi connectivity index (χ1) is 3.13. The lowest BCUT2D eigenvalue weighted by Crippen LogP contribution is -2.12. The lowest BCUT2D eigenvalue weighted by Gasteiger charge is -1.80. The van der Waals surface area contributed by atoms with E-state index in [9.17, 15) is 13.2 Å². The maximum absolute atomic E-state index is 9.62. The Morgan fingerprint density at radius 1 is 1.57 bits per heavy atom. The van der Waals surface area contributed by atoms with Crippen LogP contribution in [-0.4, -0.2) is 13.7 Å². The van der Waals surface area contributed by atoms with Crippen molar-refractivity contribution in [3.05, 3.63) is 0 Å². The van der Waals surface area contributed by atoms with Gasteiger partial charge < -0.3 is 0 Å². The molecule has 0 aromatic rings. The van der Waals surface area contributed by atoms with Gasteiger partial charge in [-0.2, -0.15) is 0 Å². The van der Waals surface area contributed by atoms with Crippen LogP contribution in [0.25, 0.3) is 0 Å². The molecule has 0 rings (SSSR count). The van der Waals surface area contributed by atoms with E-state index in [1.54, 1.807) is 0 Å². The summed E-state index contributed by atoms with van der Waals surface area (Å²) in [5, 5.41) is -0.865. The molecule has 0 saturated carbocycles. The van der Waals surface area contributed by atoms with Gasteiger partial charge in [0, 0.05) is 0 Å². The van der Waals surface area contributed by atoms with Crippen LogP contribution in [0.4, 0.5) is 4.79 Å². The number of thiol groups is 2. The van der Waals surface area contributed by atoms with E-state index >= 15 is 0 Å². The fraction of sp³-hybridized carbons (Fsp3) is 0. The summed E-state index contributed by atoms with van der Waals surface area (Å²) in [6, 6.07) is 0. The molecule has 6 heteroatoms. The Balaban J connectivity index is 3.53. The van der Waals surface area contributed by atoms with Gasteiger partial charge in [0.15, 0.2) is 0 Å². The van der Waals surface area contributed by atoms with E-state index < -0.39 is 16.1 Å². The van der Waals surface area contributed by atoms with Gasteiger partial charge >= 0.3 is 0 Å². The molecule has 0 radical (unpaired) electrons. The van der Waals surface area contributed by atoms with Crippen LogP contribution in [0.3, 0.4) is 0 Å². The van der Waals surface area contributed by atoms with E-state index in [-0.39, 0.29) is 0 Å². The SMILES string of the molecule is O=C(S)N[SH](=O)=O. The van der Waals surface area contributed by atoms with Crippen molar-refractivity contribution in [1.82, 2.24) is 4.72 Å². The molecule has 0 aliphatic heterocycles. The number of hydrogen-bond acceptors (Lipinski definition) is 3. The molecule has 0 saturated heterocycles. The molecule has 0 fully saturated rings. The molecule has 0 heterocycles. The van der Waals surface area contributed by atoms with Crippen molar-refractivity contribution >= 4 is 28.8 Å². The first kappa shape index (κ1) is 6.77. The Kier molecular flexibility index (Phi) is 2.77. The quantitative estimate of drug-likeness (QED) is 0.417. The van der Waals surface area contributed by atoms with E-state index in [1.165, 1.54) is 4.72 Å². The zero-order valence-electron chi connectivity index (χ0n) is 3.12. The fourth-order valence-corrected chi connectivity index (χ4v) is 0.479. The number of hydrogen-bond donors (Lipinski definition) is 3. The topological polar surface area (TPSA) is 63.2 Å². The summed E-state index contributed by atoms with van der Waals surface area (Å²) in [4.78, 5) is 9.62. The van der Waals surface area contributed by atoms with Crippen LogP contribution in [0.5, 0.6) is 0 Å². The molecular weight excluding hydrogens is 138 g/mol. The van der Waals surface area contributed by atoms with Crippen LogP contribution in [0.1, 0.15) is 0 Å². The average Bonchev–Trinajstić information content (AvgIpc) is 1.27. The second-order valence-electron chi connectivity index (χ2n) is 0.674. The van der Waals surface area contributed by atoms with E-state index in [4.69, 9.17) is 0 Å². The van der Waals surface area contributed by atoms with E-state index in [1.807, 2.05) is 0 Å². The van der Waals surface area contributed by atoms with Crippen molar-refractivity contribution in [3.63, 3.8) is 0 Å². The minimum absolute atomic E-state index is 0.865. The fourth-order valence-electron chi connectivity index (χ4n) is 0.0781. The van der Waals surface area contributed by atoms with Crippen LogP contribution >= 0.6 is 12.6 Å². The third-order valence-electron chi connectivity index (χ3n) is 0.187. The minimum atomic E-state index is -2.82. The van der Waals surface area contributed by atoms with E-state index in [2.05, 4.69) is 12.6 Å². The molecule has 7 heavy (non-hydrogen) atoms. The second-order valence-corrected chi connectivity index (χ2v) is 1.82. The van der Waals surface area contributed by atoms with Crippen LogP contribution in [0.2, 0.25) is 0 Å². The average molecular weight is 141 g/mol. The summed E-state index contributed by atoms with van der Waals surface area (Å²) >= 11 is 3.10. The Labute approximate surface area is 47.4 Å². The lowest BCUT2D eigenvalue weighted by molar-refractivity contribution is 0.265. The second kappa shape index (κ2) is 2.86. The minimum Gasteiger partial charge on any atom is -0.261 e. The highest BCUT2D eigenvalue weighted by atomic mass is 32.2. The van der Waals surface area contributed by atoms with Crippen LogP contribution in [0.15, 0.2) is 0 Å². The van der Waals surface area contributed by atoms with Crippen molar-refractivity contribution in [3.8, 4) is 0 Å². The highest BCUT2D eigenvalue weighted by Crippen LogP contribution is 1.71. The Hall–Kier alpha value is -0.230. The highest BCUT2D eigenvalue weighted by molar-refractivity contribution is 7.97. The molecule has 1 N–H and O–H groups in total. The molecule has 0 aromatic carbocycles. The van der Waals surface area contributed by atoms with Gasteiger partial charge in [0.1, 0.15) is 0 Å². The summed E-state index contributed by atoms with van der Waals surface area (Å²) in [6.07, 6.45) is 0. The first-order valence-corrected chi connectivity index (χ1v) is 2.89. The third kappa shape index (κ3) is 5.77. The van der Waals surface area contributed by atoms with Gasteiger partial charge in [-0.25, -0.2) is 13.1 Å². The van der Waals surface area contributed by atoms with Gasteiger partial charge in [0.05, 0.1) is 0 Å². The molecule has 4 nitrogen and oxygen atoms in total. The number of amides is 1. The zero-order valence-corrected chi connectivity index (χ0v) is 4.91. The molecule has 1 amide bonds. The predicted molar refractivity (Wildman–Crippen MR) is 27.8 cm³/mol. The monoisotopic (exact) mass is 141 g/mol. The van der Waals surface area contributed by atoms with Gasteiger partial charge in [-0.1, -0.05) is 12.6 Å². The summed E-state index contributed by atoms with van der Waals surface area (Å²) in [6.45, 7) is 0. The highest BCUT2D eigenvalue weighted by Gasteiger charge is 1.86. The number of carbonyl (C=O) groups is 1. The summed E-state index contributed by atoms with van der Waals surface area (Å²) in [5.74, 6) is 0. The van der Waals surface area contributed by atoms with Crippen LogP contribution in [0, 0.1) is 0 Å². The van der Waals surface area contributed by atoms with Crippen molar-refractivity contribution in [2.75, 3.05) is 0 Å². The van der Waals surface area contributed by atoms with Gasteiger partial charge in [0.25, 0.3) is 5.24 Å². The molecule has 0 spiro atoms. The van der Waals surface area contributed by atoms with Gasteiger partial charge in [-0.3, -0.25) is 4.79 Å².